The molecule has 0 radical (unpaired) electrons. The van der Waals surface area contributed by atoms with Gasteiger partial charge in [0.05, 0.1) is 0 Å². The van der Waals surface area contributed by atoms with E-state index in [1.54, 1.807) is 0 Å². The molecule has 2 rings (SSSR count). The highest BCUT2D eigenvalue weighted by Crippen LogP contribution is 2.13. The SMILES string of the molecule is C1=C[C@@H]2CC=C[C@H](C1)N2. The van der Waals surface area contributed by atoms with Crippen LogP contribution in [0.5, 0.6) is 0 Å². The average Bonchev–Trinajstić information content (AvgIpc) is 1.88. The van der Waals surface area contributed by atoms with Crippen LogP contribution < -0.4 is 5.32 Å². The molecular formula is C8H11N. The normalized spacial score (nSPS) is 39.1. The monoisotopic (exact) mass is 121 g/mol. The topological polar surface area (TPSA) is 12.0 Å². The summed E-state index contributed by atoms with van der Waals surface area (Å²) in [4.78, 5) is 0. The van der Waals surface area contributed by atoms with Crippen LogP contribution >= 0.6 is 0 Å². The second kappa shape index (κ2) is 1.99. The van der Waals surface area contributed by atoms with Crippen LogP contribution in [0.2, 0.25) is 0 Å². The second-order valence-electron chi connectivity index (χ2n) is 2.71. The largest absolute Gasteiger partial charge is 0.304 e. The van der Waals surface area contributed by atoms with Crippen molar-refractivity contribution in [2.75, 3.05) is 0 Å². The first kappa shape index (κ1) is 5.24. The number of fused-ring (bicyclic) bond motifs is 2. The van der Waals surface area contributed by atoms with Crippen LogP contribution in [0.15, 0.2) is 24.3 Å². The van der Waals surface area contributed by atoms with E-state index in [9.17, 15) is 0 Å². The Kier molecular flexibility index (Phi) is 1.16. The van der Waals surface area contributed by atoms with Crippen molar-refractivity contribution >= 4 is 0 Å². The van der Waals surface area contributed by atoms with Crippen molar-refractivity contribution < 1.29 is 0 Å². The van der Waals surface area contributed by atoms with Gasteiger partial charge in [0.1, 0.15) is 0 Å². The van der Waals surface area contributed by atoms with Gasteiger partial charge in [-0.1, -0.05) is 24.3 Å². The van der Waals surface area contributed by atoms with Gasteiger partial charge < -0.3 is 5.32 Å². The van der Waals surface area contributed by atoms with E-state index in [1.807, 2.05) is 0 Å². The highest BCUT2D eigenvalue weighted by molar-refractivity contribution is 5.14. The third kappa shape index (κ3) is 0.924. The summed E-state index contributed by atoms with van der Waals surface area (Å²) >= 11 is 0. The molecule has 2 bridgehead atoms. The van der Waals surface area contributed by atoms with E-state index in [4.69, 9.17) is 0 Å². The van der Waals surface area contributed by atoms with Gasteiger partial charge in [-0.15, -0.1) is 0 Å². The second-order valence-corrected chi connectivity index (χ2v) is 2.71. The molecule has 0 unspecified atom stereocenters. The Morgan fingerprint density at radius 2 is 1.56 bits per heavy atom. The van der Waals surface area contributed by atoms with Gasteiger partial charge >= 0.3 is 0 Å². The van der Waals surface area contributed by atoms with E-state index in [0.717, 1.165) is 0 Å². The maximum atomic E-state index is 3.48. The lowest BCUT2D eigenvalue weighted by atomic mass is 9.98. The van der Waals surface area contributed by atoms with Gasteiger partial charge in [-0.05, 0) is 12.8 Å². The molecule has 0 aromatic carbocycles. The zero-order chi connectivity index (χ0) is 6.10. The summed E-state index contributed by atoms with van der Waals surface area (Å²) in [5, 5.41) is 3.48. The molecule has 1 heteroatoms. The van der Waals surface area contributed by atoms with Crippen LogP contribution in [0.1, 0.15) is 12.8 Å². The first-order valence-corrected chi connectivity index (χ1v) is 3.54. The molecule has 0 saturated carbocycles. The minimum absolute atomic E-state index is 0.633. The van der Waals surface area contributed by atoms with Gasteiger partial charge in [0.2, 0.25) is 0 Å². The number of rotatable bonds is 0. The molecular weight excluding hydrogens is 110 g/mol. The molecule has 0 aromatic rings. The Balaban J connectivity index is 2.20. The smallest absolute Gasteiger partial charge is 0.0290 e. The first-order valence-electron chi connectivity index (χ1n) is 3.54. The Bertz CT molecular complexity index is 140. The van der Waals surface area contributed by atoms with Crippen LogP contribution in [-0.4, -0.2) is 12.1 Å². The Morgan fingerprint density at radius 3 is 2.00 bits per heavy atom. The summed E-state index contributed by atoms with van der Waals surface area (Å²) in [5.74, 6) is 0. The predicted octanol–water partition coefficient (Wildman–Crippen LogP) is 1.23. The van der Waals surface area contributed by atoms with Crippen molar-refractivity contribution in [3.8, 4) is 0 Å². The van der Waals surface area contributed by atoms with Gasteiger partial charge in [0.15, 0.2) is 0 Å². The summed E-state index contributed by atoms with van der Waals surface area (Å²) in [6.45, 7) is 0. The average molecular weight is 121 g/mol. The third-order valence-corrected chi connectivity index (χ3v) is 1.94. The minimum Gasteiger partial charge on any atom is -0.304 e. The van der Waals surface area contributed by atoms with Crippen molar-refractivity contribution in [2.24, 2.45) is 0 Å². The van der Waals surface area contributed by atoms with Gasteiger partial charge in [-0.25, -0.2) is 0 Å². The standard InChI is InChI=1S/C8H11N/c1-3-7-5-2-6-8(4-1)9-7/h1-3,6-9H,4-5H2/t7-,8+/m1/s1. The molecule has 0 aliphatic carbocycles. The van der Waals surface area contributed by atoms with E-state index < -0.39 is 0 Å². The fraction of sp³-hybridized carbons (Fsp3) is 0.500. The fourth-order valence-electron chi connectivity index (χ4n) is 1.46. The third-order valence-electron chi connectivity index (χ3n) is 1.94. The molecule has 1 nitrogen and oxygen atoms in total. The number of hydrogen-bond acceptors (Lipinski definition) is 1. The maximum absolute atomic E-state index is 3.48. The maximum Gasteiger partial charge on any atom is 0.0290 e. The minimum atomic E-state index is 0.633. The molecule has 1 N–H and O–H groups in total. The van der Waals surface area contributed by atoms with Crippen LogP contribution in [0, 0.1) is 0 Å². The van der Waals surface area contributed by atoms with Gasteiger partial charge in [-0.3, -0.25) is 0 Å². The molecule has 0 spiro atoms. The zero-order valence-electron chi connectivity index (χ0n) is 5.38. The Morgan fingerprint density at radius 1 is 1.00 bits per heavy atom. The van der Waals surface area contributed by atoms with Crippen molar-refractivity contribution in [2.45, 2.75) is 24.9 Å². The van der Waals surface area contributed by atoms with Crippen molar-refractivity contribution in [1.82, 2.24) is 5.32 Å². The predicted molar refractivity (Wildman–Crippen MR) is 38.2 cm³/mol. The fourth-order valence-corrected chi connectivity index (χ4v) is 1.46. The highest BCUT2D eigenvalue weighted by atomic mass is 15.0. The van der Waals surface area contributed by atoms with Crippen molar-refractivity contribution in [3.63, 3.8) is 0 Å². The summed E-state index contributed by atoms with van der Waals surface area (Å²) in [5.41, 5.74) is 0. The van der Waals surface area contributed by atoms with Crippen molar-refractivity contribution in [1.29, 1.82) is 0 Å². The van der Waals surface area contributed by atoms with Crippen LogP contribution in [-0.2, 0) is 0 Å². The molecule has 2 aliphatic rings. The molecule has 0 saturated heterocycles. The van der Waals surface area contributed by atoms with Crippen LogP contribution in [0.3, 0.4) is 0 Å². The Hall–Kier alpha value is -0.560. The molecule has 9 heavy (non-hydrogen) atoms. The molecule has 0 fully saturated rings. The molecule has 0 aromatic heterocycles. The number of hydrogen-bond donors (Lipinski definition) is 1. The quantitative estimate of drug-likeness (QED) is 0.475. The van der Waals surface area contributed by atoms with E-state index in [0.29, 0.717) is 12.1 Å². The van der Waals surface area contributed by atoms with E-state index >= 15 is 0 Å². The van der Waals surface area contributed by atoms with E-state index in [2.05, 4.69) is 29.6 Å². The van der Waals surface area contributed by atoms with Crippen LogP contribution in [0.25, 0.3) is 0 Å². The van der Waals surface area contributed by atoms with Crippen LogP contribution in [0.4, 0.5) is 0 Å². The van der Waals surface area contributed by atoms with Gasteiger partial charge in [0.25, 0.3) is 0 Å². The first-order chi connectivity index (χ1) is 4.45. The van der Waals surface area contributed by atoms with E-state index in [-0.39, 0.29) is 0 Å². The lowest BCUT2D eigenvalue weighted by Crippen LogP contribution is -2.40. The highest BCUT2D eigenvalue weighted by Gasteiger charge is 2.15. The van der Waals surface area contributed by atoms with Crippen molar-refractivity contribution in [3.05, 3.63) is 24.3 Å². The summed E-state index contributed by atoms with van der Waals surface area (Å²) in [6, 6.07) is 1.27. The summed E-state index contributed by atoms with van der Waals surface area (Å²) in [7, 11) is 0. The Labute approximate surface area is 55.5 Å². The summed E-state index contributed by atoms with van der Waals surface area (Å²) < 4.78 is 0. The molecule has 2 aliphatic heterocycles. The number of nitrogens with one attached hydrogen (secondary N) is 1. The lowest BCUT2D eigenvalue weighted by Gasteiger charge is -2.27. The van der Waals surface area contributed by atoms with Gasteiger partial charge in [0, 0.05) is 12.1 Å². The van der Waals surface area contributed by atoms with Gasteiger partial charge in [-0.2, -0.15) is 0 Å². The lowest BCUT2D eigenvalue weighted by molar-refractivity contribution is 0.491. The molecule has 48 valence electrons. The molecule has 2 atom stereocenters. The van der Waals surface area contributed by atoms with E-state index in [1.165, 1.54) is 12.8 Å². The molecule has 2 heterocycles. The zero-order valence-corrected chi connectivity index (χ0v) is 5.38. The summed E-state index contributed by atoms with van der Waals surface area (Å²) in [6.07, 6.45) is 11.4. The molecule has 0 amide bonds.